The van der Waals surface area contributed by atoms with Crippen LogP contribution in [0.4, 0.5) is 5.69 Å². The van der Waals surface area contributed by atoms with E-state index in [0.717, 1.165) is 42.5 Å². The molecule has 1 aliphatic rings. The van der Waals surface area contributed by atoms with Crippen molar-refractivity contribution in [1.82, 2.24) is 14.5 Å². The molecule has 1 aromatic carbocycles. The molecule has 1 aliphatic carbocycles. The van der Waals surface area contributed by atoms with Crippen molar-refractivity contribution in [2.24, 2.45) is 0 Å². The fourth-order valence-corrected chi connectivity index (χ4v) is 4.78. The normalized spacial score (nSPS) is 13.0. The highest BCUT2D eigenvalue weighted by Crippen LogP contribution is 2.29. The number of carbonyl (C=O) groups excluding carboxylic acids is 1. The second-order valence-electron chi connectivity index (χ2n) is 7.24. The van der Waals surface area contributed by atoms with E-state index >= 15 is 0 Å². The summed E-state index contributed by atoms with van der Waals surface area (Å²) in [5, 5.41) is 4.25. The van der Waals surface area contributed by atoms with Crippen molar-refractivity contribution in [1.29, 1.82) is 0 Å². The molecule has 4 rings (SSSR count). The maximum atomic E-state index is 12.8. The number of nitrogens with zero attached hydrogens (tertiary/aromatic N) is 3. The molecule has 0 unspecified atom stereocenters. The number of nitrogens with one attached hydrogen (secondary N) is 1. The number of halogens is 2. The van der Waals surface area contributed by atoms with Gasteiger partial charge in [-0.05, 0) is 61.6 Å². The standard InChI is InChI=1S/C22H20Cl2N4O2S/c23-17-6-5-15(11-18(17)24)26-20(29)13-31-21-16-3-1-2-4-19(16)28(22(30)27-21)12-14-7-9-25-10-8-14/h5-11H,1-4,12-13H2,(H,26,29). The van der Waals surface area contributed by atoms with Crippen LogP contribution in [-0.4, -0.2) is 26.2 Å². The molecule has 1 amide bonds. The van der Waals surface area contributed by atoms with Gasteiger partial charge in [0.25, 0.3) is 0 Å². The third kappa shape index (κ3) is 5.29. The summed E-state index contributed by atoms with van der Waals surface area (Å²) in [6.45, 7) is 0.472. The van der Waals surface area contributed by atoms with Crippen molar-refractivity contribution in [3.05, 3.63) is 80.1 Å². The van der Waals surface area contributed by atoms with Crippen molar-refractivity contribution in [2.45, 2.75) is 37.3 Å². The molecular weight excluding hydrogens is 455 g/mol. The first-order valence-corrected chi connectivity index (χ1v) is 11.6. The van der Waals surface area contributed by atoms with Crippen LogP contribution in [0.3, 0.4) is 0 Å². The van der Waals surface area contributed by atoms with E-state index in [2.05, 4.69) is 15.3 Å². The number of carbonyl (C=O) groups is 1. The van der Waals surface area contributed by atoms with E-state index in [9.17, 15) is 9.59 Å². The fourth-order valence-electron chi connectivity index (χ4n) is 3.61. The smallest absolute Gasteiger partial charge is 0.325 e. The predicted molar refractivity (Wildman–Crippen MR) is 124 cm³/mol. The number of amides is 1. The van der Waals surface area contributed by atoms with Gasteiger partial charge in [0.05, 0.1) is 22.3 Å². The van der Waals surface area contributed by atoms with Crippen molar-refractivity contribution in [2.75, 3.05) is 11.1 Å². The van der Waals surface area contributed by atoms with Crippen molar-refractivity contribution in [3.63, 3.8) is 0 Å². The molecule has 6 nitrogen and oxygen atoms in total. The second-order valence-corrected chi connectivity index (χ2v) is 9.02. The Morgan fingerprint density at radius 2 is 1.87 bits per heavy atom. The van der Waals surface area contributed by atoms with E-state index in [1.54, 1.807) is 35.2 Å². The summed E-state index contributed by atoms with van der Waals surface area (Å²) in [5.74, 6) is -0.0521. The molecule has 0 spiro atoms. The lowest BCUT2D eigenvalue weighted by atomic mass is 9.97. The lowest BCUT2D eigenvalue weighted by Gasteiger charge is -2.22. The van der Waals surface area contributed by atoms with E-state index in [1.807, 2.05) is 12.1 Å². The summed E-state index contributed by atoms with van der Waals surface area (Å²) in [6, 6.07) is 8.73. The van der Waals surface area contributed by atoms with Gasteiger partial charge in [0.15, 0.2) is 0 Å². The summed E-state index contributed by atoms with van der Waals surface area (Å²) in [6.07, 6.45) is 7.21. The van der Waals surface area contributed by atoms with Crippen LogP contribution in [-0.2, 0) is 24.2 Å². The average molecular weight is 475 g/mol. The molecule has 0 radical (unpaired) electrons. The summed E-state index contributed by atoms with van der Waals surface area (Å²) >= 11 is 13.2. The highest BCUT2D eigenvalue weighted by molar-refractivity contribution is 8.00. The summed E-state index contributed by atoms with van der Waals surface area (Å²) < 4.78 is 1.75. The highest BCUT2D eigenvalue weighted by atomic mass is 35.5. The molecule has 31 heavy (non-hydrogen) atoms. The molecule has 0 bridgehead atoms. The van der Waals surface area contributed by atoms with Crippen LogP contribution in [0.15, 0.2) is 52.5 Å². The van der Waals surface area contributed by atoms with Crippen LogP contribution >= 0.6 is 35.0 Å². The van der Waals surface area contributed by atoms with Crippen LogP contribution in [0, 0.1) is 0 Å². The highest BCUT2D eigenvalue weighted by Gasteiger charge is 2.21. The maximum absolute atomic E-state index is 12.8. The Balaban J connectivity index is 1.52. The van der Waals surface area contributed by atoms with Crippen LogP contribution in [0.25, 0.3) is 0 Å². The minimum Gasteiger partial charge on any atom is -0.325 e. The number of anilines is 1. The number of hydrogen-bond acceptors (Lipinski definition) is 5. The van der Waals surface area contributed by atoms with Crippen LogP contribution in [0.1, 0.15) is 29.7 Å². The number of aromatic nitrogens is 3. The Morgan fingerprint density at radius 1 is 1.10 bits per heavy atom. The SMILES string of the molecule is O=C(CSc1nc(=O)n(Cc2ccncc2)c2c1CCCC2)Nc1ccc(Cl)c(Cl)c1. The second kappa shape index (κ2) is 9.85. The van der Waals surface area contributed by atoms with Gasteiger partial charge in [-0.1, -0.05) is 35.0 Å². The van der Waals surface area contributed by atoms with Crippen molar-refractivity contribution >= 4 is 46.6 Å². The fraction of sp³-hybridized carbons (Fsp3) is 0.273. The third-order valence-corrected chi connectivity index (χ3v) is 6.84. The number of benzene rings is 1. The topological polar surface area (TPSA) is 76.9 Å². The van der Waals surface area contributed by atoms with Gasteiger partial charge in [0.2, 0.25) is 5.91 Å². The van der Waals surface area contributed by atoms with Gasteiger partial charge >= 0.3 is 5.69 Å². The first kappa shape index (κ1) is 21.9. The zero-order valence-corrected chi connectivity index (χ0v) is 18.9. The first-order valence-electron chi connectivity index (χ1n) is 9.90. The Labute approximate surface area is 194 Å². The Morgan fingerprint density at radius 3 is 2.65 bits per heavy atom. The molecule has 160 valence electrons. The van der Waals surface area contributed by atoms with Gasteiger partial charge in [0, 0.05) is 29.3 Å². The molecule has 9 heteroatoms. The Kier molecular flexibility index (Phi) is 6.95. The molecule has 2 heterocycles. The number of rotatable bonds is 6. The quantitative estimate of drug-likeness (QED) is 0.417. The van der Waals surface area contributed by atoms with Crippen molar-refractivity contribution in [3.8, 4) is 0 Å². The minimum atomic E-state index is -0.287. The summed E-state index contributed by atoms with van der Waals surface area (Å²) in [4.78, 5) is 33.6. The molecule has 0 atom stereocenters. The van der Waals surface area contributed by atoms with Gasteiger partial charge in [-0.15, -0.1) is 0 Å². The molecule has 0 fully saturated rings. The zero-order chi connectivity index (χ0) is 21.8. The molecule has 0 aliphatic heterocycles. The maximum Gasteiger partial charge on any atom is 0.349 e. The average Bonchev–Trinajstić information content (AvgIpc) is 2.78. The van der Waals surface area contributed by atoms with E-state index in [1.165, 1.54) is 11.8 Å². The molecule has 3 aromatic rings. The van der Waals surface area contributed by atoms with Crippen LogP contribution in [0.2, 0.25) is 10.0 Å². The van der Waals surface area contributed by atoms with Gasteiger partial charge in [0.1, 0.15) is 5.03 Å². The monoisotopic (exact) mass is 474 g/mol. The van der Waals surface area contributed by atoms with Gasteiger partial charge < -0.3 is 5.32 Å². The van der Waals surface area contributed by atoms with Crippen LogP contribution < -0.4 is 11.0 Å². The molecule has 0 saturated heterocycles. The lowest BCUT2D eigenvalue weighted by Crippen LogP contribution is -2.30. The predicted octanol–water partition coefficient (Wildman–Crippen LogP) is 4.60. The van der Waals surface area contributed by atoms with Crippen molar-refractivity contribution < 1.29 is 4.79 Å². The minimum absolute atomic E-state index is 0.146. The van der Waals surface area contributed by atoms with Gasteiger partial charge in [-0.25, -0.2) is 4.79 Å². The number of pyridine rings is 1. The molecule has 0 saturated carbocycles. The van der Waals surface area contributed by atoms with E-state index in [0.29, 0.717) is 27.3 Å². The van der Waals surface area contributed by atoms with E-state index in [-0.39, 0.29) is 17.3 Å². The van der Waals surface area contributed by atoms with E-state index < -0.39 is 0 Å². The van der Waals surface area contributed by atoms with E-state index in [4.69, 9.17) is 23.2 Å². The first-order chi connectivity index (χ1) is 15.0. The Bertz CT molecular complexity index is 1170. The Hall–Kier alpha value is -2.35. The third-order valence-electron chi connectivity index (χ3n) is 5.08. The molecule has 1 N–H and O–H groups in total. The lowest BCUT2D eigenvalue weighted by molar-refractivity contribution is -0.113. The largest absolute Gasteiger partial charge is 0.349 e. The summed E-state index contributed by atoms with van der Waals surface area (Å²) in [5.41, 5.74) is 3.39. The van der Waals surface area contributed by atoms with Crippen LogP contribution in [0.5, 0.6) is 0 Å². The zero-order valence-electron chi connectivity index (χ0n) is 16.6. The van der Waals surface area contributed by atoms with Gasteiger partial charge in [-0.2, -0.15) is 4.98 Å². The number of hydrogen-bond donors (Lipinski definition) is 1. The molecule has 2 aromatic heterocycles. The van der Waals surface area contributed by atoms with Gasteiger partial charge in [-0.3, -0.25) is 14.3 Å². The molecular formula is C22H20Cl2N4O2S. The summed E-state index contributed by atoms with van der Waals surface area (Å²) in [7, 11) is 0. The number of thioether (sulfide) groups is 1. The number of fused-ring (bicyclic) bond motifs is 1.